The molecule has 0 fully saturated rings. The second-order valence-corrected chi connectivity index (χ2v) is 2.56. The van der Waals surface area contributed by atoms with Crippen molar-refractivity contribution in [3.8, 4) is 0 Å². The molecular formula is C8H13N3. The van der Waals surface area contributed by atoms with Crippen LogP contribution < -0.4 is 11.5 Å². The number of nitrogens with two attached hydrogens (primary N) is 2. The lowest BCUT2D eigenvalue weighted by molar-refractivity contribution is 0.677. The van der Waals surface area contributed by atoms with Crippen molar-refractivity contribution in [3.05, 3.63) is 30.1 Å². The second kappa shape index (κ2) is 4.05. The molecule has 11 heavy (non-hydrogen) atoms. The third-order valence-electron chi connectivity index (χ3n) is 1.52. The number of hydrogen-bond donors (Lipinski definition) is 2. The highest BCUT2D eigenvalue weighted by Crippen LogP contribution is 1.97. The minimum Gasteiger partial charge on any atom is -0.329 e. The highest BCUT2D eigenvalue weighted by molar-refractivity contribution is 5.09. The molecule has 0 aliphatic heterocycles. The predicted octanol–water partition coefficient (Wildman–Crippen LogP) is -0.0899. The molecule has 1 unspecified atom stereocenters. The lowest BCUT2D eigenvalue weighted by atomic mass is 10.1. The van der Waals surface area contributed by atoms with E-state index < -0.39 is 0 Å². The Morgan fingerprint density at radius 2 is 2.36 bits per heavy atom. The van der Waals surface area contributed by atoms with Gasteiger partial charge in [0.1, 0.15) is 0 Å². The van der Waals surface area contributed by atoms with E-state index in [1.165, 1.54) is 0 Å². The Kier molecular flexibility index (Phi) is 3.01. The largest absolute Gasteiger partial charge is 0.329 e. The van der Waals surface area contributed by atoms with Crippen molar-refractivity contribution in [1.29, 1.82) is 0 Å². The molecule has 0 radical (unpaired) electrons. The predicted molar refractivity (Wildman–Crippen MR) is 45.0 cm³/mol. The molecule has 1 atom stereocenters. The fourth-order valence-corrected chi connectivity index (χ4v) is 0.905. The van der Waals surface area contributed by atoms with Gasteiger partial charge in [-0.15, -0.1) is 0 Å². The SMILES string of the molecule is NCC(N)Cc1cccnc1. The first kappa shape index (κ1) is 8.17. The molecule has 0 saturated carbocycles. The topological polar surface area (TPSA) is 64.9 Å². The zero-order valence-electron chi connectivity index (χ0n) is 6.40. The van der Waals surface area contributed by atoms with E-state index in [1.807, 2.05) is 18.3 Å². The Morgan fingerprint density at radius 1 is 1.55 bits per heavy atom. The minimum atomic E-state index is 0.0548. The van der Waals surface area contributed by atoms with Crippen molar-refractivity contribution in [2.45, 2.75) is 12.5 Å². The highest BCUT2D eigenvalue weighted by atomic mass is 14.7. The smallest absolute Gasteiger partial charge is 0.0300 e. The number of nitrogens with zero attached hydrogens (tertiary/aromatic N) is 1. The summed E-state index contributed by atoms with van der Waals surface area (Å²) in [6, 6.07) is 3.96. The van der Waals surface area contributed by atoms with E-state index in [-0.39, 0.29) is 6.04 Å². The van der Waals surface area contributed by atoms with Gasteiger partial charge >= 0.3 is 0 Å². The molecule has 3 nitrogen and oxygen atoms in total. The van der Waals surface area contributed by atoms with Gasteiger partial charge in [0.15, 0.2) is 0 Å². The number of pyridine rings is 1. The quantitative estimate of drug-likeness (QED) is 0.634. The van der Waals surface area contributed by atoms with Crippen LogP contribution in [0.3, 0.4) is 0 Å². The van der Waals surface area contributed by atoms with Crippen LogP contribution >= 0.6 is 0 Å². The molecule has 1 aromatic rings. The van der Waals surface area contributed by atoms with Crippen LogP contribution in [-0.4, -0.2) is 17.6 Å². The fraction of sp³-hybridized carbons (Fsp3) is 0.375. The molecule has 0 saturated heterocycles. The lowest BCUT2D eigenvalue weighted by Crippen LogP contribution is -2.31. The van der Waals surface area contributed by atoms with Crippen LogP contribution in [0.25, 0.3) is 0 Å². The Hall–Kier alpha value is -0.930. The molecule has 3 heteroatoms. The maximum Gasteiger partial charge on any atom is 0.0300 e. The summed E-state index contributed by atoms with van der Waals surface area (Å²) < 4.78 is 0. The molecule has 1 rings (SSSR count). The summed E-state index contributed by atoms with van der Waals surface area (Å²) in [5.41, 5.74) is 12.2. The first-order valence-corrected chi connectivity index (χ1v) is 3.67. The average molecular weight is 151 g/mol. The summed E-state index contributed by atoms with van der Waals surface area (Å²) >= 11 is 0. The fourth-order valence-electron chi connectivity index (χ4n) is 0.905. The van der Waals surface area contributed by atoms with Crippen LogP contribution in [-0.2, 0) is 6.42 Å². The van der Waals surface area contributed by atoms with Gasteiger partial charge in [0, 0.05) is 25.0 Å². The van der Waals surface area contributed by atoms with E-state index in [0.29, 0.717) is 6.54 Å². The van der Waals surface area contributed by atoms with Crippen molar-refractivity contribution >= 4 is 0 Å². The first-order chi connectivity index (χ1) is 5.33. The number of hydrogen-bond acceptors (Lipinski definition) is 3. The third-order valence-corrected chi connectivity index (χ3v) is 1.52. The number of rotatable bonds is 3. The Bertz CT molecular complexity index is 198. The van der Waals surface area contributed by atoms with Crippen LogP contribution in [0.2, 0.25) is 0 Å². The Labute approximate surface area is 66.4 Å². The lowest BCUT2D eigenvalue weighted by Gasteiger charge is -2.06. The number of aromatic nitrogens is 1. The van der Waals surface area contributed by atoms with Crippen molar-refractivity contribution < 1.29 is 0 Å². The van der Waals surface area contributed by atoms with Gasteiger partial charge in [-0.1, -0.05) is 6.07 Å². The van der Waals surface area contributed by atoms with Crippen LogP contribution in [0.1, 0.15) is 5.56 Å². The molecular weight excluding hydrogens is 138 g/mol. The molecule has 1 heterocycles. The maximum atomic E-state index is 5.65. The van der Waals surface area contributed by atoms with E-state index in [1.54, 1.807) is 6.20 Å². The van der Waals surface area contributed by atoms with E-state index in [9.17, 15) is 0 Å². The van der Waals surface area contributed by atoms with Gasteiger partial charge in [0.25, 0.3) is 0 Å². The molecule has 0 aliphatic carbocycles. The minimum absolute atomic E-state index is 0.0548. The van der Waals surface area contributed by atoms with Crippen molar-refractivity contribution in [3.63, 3.8) is 0 Å². The van der Waals surface area contributed by atoms with Crippen LogP contribution in [0.4, 0.5) is 0 Å². The Morgan fingerprint density at radius 3 is 2.91 bits per heavy atom. The van der Waals surface area contributed by atoms with Gasteiger partial charge in [-0.05, 0) is 18.1 Å². The van der Waals surface area contributed by atoms with Crippen LogP contribution in [0.15, 0.2) is 24.5 Å². The van der Waals surface area contributed by atoms with Gasteiger partial charge in [0.2, 0.25) is 0 Å². The molecule has 60 valence electrons. The van der Waals surface area contributed by atoms with Crippen molar-refractivity contribution in [2.24, 2.45) is 11.5 Å². The molecule has 0 aliphatic rings. The summed E-state index contributed by atoms with van der Waals surface area (Å²) in [5, 5.41) is 0. The molecule has 4 N–H and O–H groups in total. The monoisotopic (exact) mass is 151 g/mol. The van der Waals surface area contributed by atoms with Gasteiger partial charge < -0.3 is 11.5 Å². The normalized spacial score (nSPS) is 12.9. The van der Waals surface area contributed by atoms with Crippen molar-refractivity contribution in [2.75, 3.05) is 6.54 Å². The summed E-state index contributed by atoms with van der Waals surface area (Å²) in [5.74, 6) is 0. The zero-order chi connectivity index (χ0) is 8.10. The van der Waals surface area contributed by atoms with Gasteiger partial charge in [-0.3, -0.25) is 4.98 Å². The van der Waals surface area contributed by atoms with Gasteiger partial charge in [-0.2, -0.15) is 0 Å². The third kappa shape index (κ3) is 2.65. The van der Waals surface area contributed by atoms with E-state index in [0.717, 1.165) is 12.0 Å². The maximum absolute atomic E-state index is 5.65. The van der Waals surface area contributed by atoms with E-state index in [4.69, 9.17) is 11.5 Å². The molecule has 0 amide bonds. The summed E-state index contributed by atoms with van der Waals surface area (Å²) in [6.07, 6.45) is 4.37. The van der Waals surface area contributed by atoms with Crippen molar-refractivity contribution in [1.82, 2.24) is 4.98 Å². The molecule has 0 aromatic carbocycles. The summed E-state index contributed by atoms with van der Waals surface area (Å²) in [4.78, 5) is 3.98. The standard InChI is InChI=1S/C8H13N3/c9-5-8(10)4-7-2-1-3-11-6-7/h1-3,6,8H,4-5,9-10H2. The highest BCUT2D eigenvalue weighted by Gasteiger charge is 1.99. The molecule has 1 aromatic heterocycles. The molecule has 0 bridgehead atoms. The van der Waals surface area contributed by atoms with Gasteiger partial charge in [0.05, 0.1) is 0 Å². The first-order valence-electron chi connectivity index (χ1n) is 3.67. The summed E-state index contributed by atoms with van der Waals surface area (Å²) in [6.45, 7) is 0.523. The second-order valence-electron chi connectivity index (χ2n) is 2.56. The van der Waals surface area contributed by atoms with E-state index >= 15 is 0 Å². The zero-order valence-corrected chi connectivity index (χ0v) is 6.40. The van der Waals surface area contributed by atoms with Gasteiger partial charge in [-0.25, -0.2) is 0 Å². The van der Waals surface area contributed by atoms with Crippen LogP contribution in [0.5, 0.6) is 0 Å². The summed E-state index contributed by atoms with van der Waals surface area (Å²) in [7, 11) is 0. The van der Waals surface area contributed by atoms with E-state index in [2.05, 4.69) is 4.98 Å². The Balaban J connectivity index is 2.51. The molecule has 0 spiro atoms. The average Bonchev–Trinajstić information content (AvgIpc) is 2.06. The van der Waals surface area contributed by atoms with Crippen LogP contribution in [0, 0.1) is 0 Å².